The Hall–Kier alpha value is -0.915. The first kappa shape index (κ1) is 16.5. The van der Waals surface area contributed by atoms with Gasteiger partial charge in [0, 0.05) is 19.6 Å². The lowest BCUT2D eigenvalue weighted by Crippen LogP contribution is -2.50. The van der Waals surface area contributed by atoms with Gasteiger partial charge in [0.1, 0.15) is 5.73 Å². The van der Waals surface area contributed by atoms with E-state index < -0.39 is 30.0 Å². The Morgan fingerprint density at radius 3 is 2.19 bits per heavy atom. The molecule has 2 aliphatic heterocycles. The van der Waals surface area contributed by atoms with Gasteiger partial charge in [-0.05, 0) is 40.2 Å². The van der Waals surface area contributed by atoms with Gasteiger partial charge in [-0.15, -0.1) is 0 Å². The summed E-state index contributed by atoms with van der Waals surface area (Å²) in [6.45, 7) is 10.5. The predicted octanol–water partition coefficient (Wildman–Crippen LogP) is 1.88. The SMILES string of the molecule is CC(CN1CC(C(=O)O)C1)=C(F)B1OC(C)(C)C(C)(C)O1. The van der Waals surface area contributed by atoms with Crippen LogP contribution in [0.4, 0.5) is 4.39 Å². The standard InChI is InChI=1S/C14H23BFNO4/c1-9(6-17-7-10(8-17)12(18)19)11(16)15-20-13(2,3)14(4,5)21-15/h10H,6-8H2,1-5H3,(H,18,19). The number of halogens is 1. The molecule has 0 aromatic rings. The molecular weight excluding hydrogens is 276 g/mol. The molecule has 0 spiro atoms. The number of carboxylic acids is 1. The zero-order valence-corrected chi connectivity index (χ0v) is 13.3. The van der Waals surface area contributed by atoms with E-state index >= 15 is 0 Å². The van der Waals surface area contributed by atoms with E-state index in [0.717, 1.165) is 0 Å². The molecule has 5 nitrogen and oxygen atoms in total. The van der Waals surface area contributed by atoms with Crippen LogP contribution in [0.3, 0.4) is 0 Å². The van der Waals surface area contributed by atoms with E-state index in [9.17, 15) is 9.18 Å². The molecule has 0 atom stereocenters. The number of likely N-dealkylation sites (tertiary alicyclic amines) is 1. The summed E-state index contributed by atoms with van der Waals surface area (Å²) < 4.78 is 25.8. The Morgan fingerprint density at radius 1 is 1.29 bits per heavy atom. The van der Waals surface area contributed by atoms with Crippen LogP contribution in [0, 0.1) is 5.92 Å². The van der Waals surface area contributed by atoms with E-state index in [1.807, 2.05) is 32.6 Å². The third-order valence-corrected chi connectivity index (χ3v) is 4.64. The van der Waals surface area contributed by atoms with Crippen LogP contribution in [0.15, 0.2) is 11.3 Å². The van der Waals surface area contributed by atoms with Gasteiger partial charge < -0.3 is 14.4 Å². The van der Waals surface area contributed by atoms with E-state index in [0.29, 0.717) is 25.2 Å². The topological polar surface area (TPSA) is 59.0 Å². The molecule has 21 heavy (non-hydrogen) atoms. The van der Waals surface area contributed by atoms with Crippen molar-refractivity contribution < 1.29 is 23.6 Å². The zero-order chi connectivity index (χ0) is 16.0. The van der Waals surface area contributed by atoms with Crippen molar-refractivity contribution in [2.24, 2.45) is 5.92 Å². The third kappa shape index (κ3) is 3.15. The largest absolute Gasteiger partial charge is 0.525 e. The average molecular weight is 299 g/mol. The van der Waals surface area contributed by atoms with Gasteiger partial charge in [0.15, 0.2) is 0 Å². The minimum atomic E-state index is -0.980. The van der Waals surface area contributed by atoms with Crippen LogP contribution in [-0.4, -0.2) is 53.9 Å². The Labute approximate surface area is 125 Å². The summed E-state index contributed by atoms with van der Waals surface area (Å²) in [6.07, 6.45) is 0. The zero-order valence-electron chi connectivity index (χ0n) is 13.3. The van der Waals surface area contributed by atoms with Crippen molar-refractivity contribution in [1.29, 1.82) is 0 Å². The van der Waals surface area contributed by atoms with Crippen LogP contribution >= 0.6 is 0 Å². The third-order valence-electron chi connectivity index (χ3n) is 4.64. The van der Waals surface area contributed by atoms with Crippen LogP contribution in [0.25, 0.3) is 0 Å². The smallest absolute Gasteiger partial charge is 0.481 e. The highest BCUT2D eigenvalue weighted by atomic mass is 19.1. The van der Waals surface area contributed by atoms with Crippen LogP contribution in [0.1, 0.15) is 34.6 Å². The summed E-state index contributed by atoms with van der Waals surface area (Å²) in [7, 11) is -0.980. The number of hydrogen-bond acceptors (Lipinski definition) is 4. The fraction of sp³-hybridized carbons (Fsp3) is 0.786. The van der Waals surface area contributed by atoms with E-state index in [-0.39, 0.29) is 5.92 Å². The minimum Gasteiger partial charge on any atom is -0.481 e. The molecule has 0 unspecified atom stereocenters. The lowest BCUT2D eigenvalue weighted by Gasteiger charge is -2.36. The van der Waals surface area contributed by atoms with Crippen LogP contribution in [0.5, 0.6) is 0 Å². The Bertz CT molecular complexity index is 456. The fourth-order valence-corrected chi connectivity index (χ4v) is 2.41. The van der Waals surface area contributed by atoms with Gasteiger partial charge in [-0.25, -0.2) is 4.39 Å². The number of rotatable bonds is 4. The second-order valence-corrected chi connectivity index (χ2v) is 6.95. The van der Waals surface area contributed by atoms with Crippen molar-refractivity contribution in [3.8, 4) is 0 Å². The minimum absolute atomic E-state index is 0.335. The molecule has 2 fully saturated rings. The molecule has 7 heteroatoms. The molecule has 0 saturated carbocycles. The van der Waals surface area contributed by atoms with Gasteiger partial charge in [-0.2, -0.15) is 0 Å². The first-order valence-corrected chi connectivity index (χ1v) is 7.19. The number of carboxylic acid groups (broad SMARTS) is 1. The Balaban J connectivity index is 1.96. The number of carbonyl (C=O) groups is 1. The van der Waals surface area contributed by atoms with Crippen molar-refractivity contribution in [3.63, 3.8) is 0 Å². The van der Waals surface area contributed by atoms with Gasteiger partial charge in [0.25, 0.3) is 0 Å². The highest BCUT2D eigenvalue weighted by Gasteiger charge is 2.53. The van der Waals surface area contributed by atoms with E-state index in [4.69, 9.17) is 14.4 Å². The molecule has 0 radical (unpaired) electrons. The maximum absolute atomic E-state index is 14.5. The lowest BCUT2D eigenvalue weighted by molar-refractivity contribution is -0.147. The van der Waals surface area contributed by atoms with Crippen LogP contribution in [0.2, 0.25) is 0 Å². The molecule has 2 saturated heterocycles. The average Bonchev–Trinajstić information content (AvgIpc) is 2.50. The van der Waals surface area contributed by atoms with Gasteiger partial charge in [0.05, 0.1) is 17.1 Å². The highest BCUT2D eigenvalue weighted by Crippen LogP contribution is 2.39. The molecular formula is C14H23BFNO4. The molecule has 2 rings (SSSR count). The highest BCUT2D eigenvalue weighted by molar-refractivity contribution is 6.53. The van der Waals surface area contributed by atoms with Crippen LogP contribution in [-0.2, 0) is 14.1 Å². The van der Waals surface area contributed by atoms with Gasteiger partial charge in [-0.1, -0.05) is 0 Å². The van der Waals surface area contributed by atoms with Gasteiger partial charge in [-0.3, -0.25) is 9.69 Å². The molecule has 2 heterocycles. The van der Waals surface area contributed by atoms with Gasteiger partial charge >= 0.3 is 13.1 Å². The fourth-order valence-electron chi connectivity index (χ4n) is 2.41. The first-order valence-electron chi connectivity index (χ1n) is 7.19. The van der Waals surface area contributed by atoms with E-state index in [1.54, 1.807) is 6.92 Å². The maximum Gasteiger partial charge on any atom is 0.525 e. The summed E-state index contributed by atoms with van der Waals surface area (Å²) in [5, 5.41) is 8.83. The number of hydrogen-bond donors (Lipinski definition) is 1. The second kappa shape index (κ2) is 5.37. The van der Waals surface area contributed by atoms with Crippen molar-refractivity contribution >= 4 is 13.1 Å². The number of aliphatic carboxylic acids is 1. The van der Waals surface area contributed by atoms with Gasteiger partial charge in [0.2, 0.25) is 0 Å². The molecule has 0 amide bonds. The maximum atomic E-state index is 14.5. The molecule has 0 aromatic heterocycles. The Morgan fingerprint density at radius 2 is 1.76 bits per heavy atom. The van der Waals surface area contributed by atoms with Crippen LogP contribution < -0.4 is 0 Å². The summed E-state index contributed by atoms with van der Waals surface area (Å²) in [5.41, 5.74) is -1.02. The monoisotopic (exact) mass is 299 g/mol. The molecule has 0 aromatic carbocycles. The Kier molecular flexibility index (Phi) is 4.21. The normalized spacial score (nSPS) is 26.5. The summed E-state index contributed by atoms with van der Waals surface area (Å²) >= 11 is 0. The molecule has 2 aliphatic rings. The lowest BCUT2D eigenvalue weighted by atomic mass is 9.84. The summed E-state index contributed by atoms with van der Waals surface area (Å²) in [6, 6.07) is 0. The summed E-state index contributed by atoms with van der Waals surface area (Å²) in [4.78, 5) is 12.6. The molecule has 118 valence electrons. The number of nitrogens with zero attached hydrogens (tertiary/aromatic N) is 1. The molecule has 0 aliphatic carbocycles. The molecule has 0 bridgehead atoms. The van der Waals surface area contributed by atoms with Crippen molar-refractivity contribution in [2.45, 2.75) is 45.8 Å². The van der Waals surface area contributed by atoms with E-state index in [2.05, 4.69) is 0 Å². The van der Waals surface area contributed by atoms with E-state index in [1.165, 1.54) is 0 Å². The van der Waals surface area contributed by atoms with Crippen molar-refractivity contribution in [1.82, 2.24) is 4.90 Å². The predicted molar refractivity (Wildman–Crippen MR) is 77.5 cm³/mol. The van der Waals surface area contributed by atoms with Crippen molar-refractivity contribution in [2.75, 3.05) is 19.6 Å². The quantitative estimate of drug-likeness (QED) is 0.803. The first-order chi connectivity index (χ1) is 9.53. The molecule has 1 N–H and O–H groups in total. The summed E-state index contributed by atoms with van der Waals surface area (Å²) in [5.74, 6) is -1.13. The van der Waals surface area contributed by atoms with Crippen molar-refractivity contribution in [3.05, 3.63) is 11.3 Å². The second-order valence-electron chi connectivity index (χ2n) is 6.95.